The van der Waals surface area contributed by atoms with E-state index in [1.807, 2.05) is 0 Å². The van der Waals surface area contributed by atoms with E-state index in [0.29, 0.717) is 5.41 Å². The first-order valence-corrected chi connectivity index (χ1v) is 6.92. The average Bonchev–Trinajstić information content (AvgIpc) is 2.31. The Labute approximate surface area is 95.0 Å². The maximum atomic E-state index is 3.58. The number of rotatable bonds is 2. The van der Waals surface area contributed by atoms with Crippen LogP contribution in [0.2, 0.25) is 0 Å². The minimum absolute atomic E-state index is 0.577. The van der Waals surface area contributed by atoms with Gasteiger partial charge in [-0.2, -0.15) is 0 Å². The van der Waals surface area contributed by atoms with Crippen molar-refractivity contribution < 1.29 is 0 Å². The van der Waals surface area contributed by atoms with Crippen LogP contribution in [0.5, 0.6) is 0 Å². The van der Waals surface area contributed by atoms with Gasteiger partial charge in [0, 0.05) is 0 Å². The summed E-state index contributed by atoms with van der Waals surface area (Å²) in [5.74, 6) is 1.92. The molecule has 88 valence electrons. The molecule has 1 unspecified atom stereocenters. The van der Waals surface area contributed by atoms with E-state index >= 15 is 0 Å². The lowest BCUT2D eigenvalue weighted by Crippen LogP contribution is -2.42. The standard InChI is InChI=1S/C14H27N/c1-14(2,12-7-4-3-5-8-12)13-9-6-10-15-11-13/h12-13,15H,3-11H2,1-2H3. The zero-order valence-electron chi connectivity index (χ0n) is 10.5. The molecule has 1 atom stereocenters. The molecule has 1 nitrogen and oxygen atoms in total. The molecular weight excluding hydrogens is 182 g/mol. The highest BCUT2D eigenvalue weighted by atomic mass is 14.9. The quantitative estimate of drug-likeness (QED) is 0.733. The lowest BCUT2D eigenvalue weighted by atomic mass is 9.63. The van der Waals surface area contributed by atoms with Gasteiger partial charge in [0.05, 0.1) is 0 Å². The molecule has 1 saturated heterocycles. The van der Waals surface area contributed by atoms with Crippen molar-refractivity contribution in [2.24, 2.45) is 17.3 Å². The Balaban J connectivity index is 1.96. The Hall–Kier alpha value is -0.0400. The van der Waals surface area contributed by atoms with Crippen LogP contribution in [0.4, 0.5) is 0 Å². The summed E-state index contributed by atoms with van der Waals surface area (Å²) >= 11 is 0. The molecule has 1 heteroatoms. The van der Waals surface area contributed by atoms with E-state index < -0.39 is 0 Å². The lowest BCUT2D eigenvalue weighted by molar-refractivity contribution is 0.0664. The normalized spacial score (nSPS) is 30.4. The average molecular weight is 209 g/mol. The molecule has 2 aliphatic rings. The van der Waals surface area contributed by atoms with E-state index in [9.17, 15) is 0 Å². The molecule has 1 saturated carbocycles. The number of hydrogen-bond acceptors (Lipinski definition) is 1. The summed E-state index contributed by atoms with van der Waals surface area (Å²) in [4.78, 5) is 0. The van der Waals surface area contributed by atoms with Gasteiger partial charge in [-0.1, -0.05) is 33.1 Å². The molecule has 0 bridgehead atoms. The molecular formula is C14H27N. The topological polar surface area (TPSA) is 12.0 Å². The second-order valence-electron chi connectivity index (χ2n) is 6.20. The van der Waals surface area contributed by atoms with Crippen molar-refractivity contribution in [3.05, 3.63) is 0 Å². The molecule has 1 N–H and O–H groups in total. The molecule has 1 heterocycles. The lowest BCUT2D eigenvalue weighted by Gasteiger charge is -2.44. The van der Waals surface area contributed by atoms with Gasteiger partial charge in [0.1, 0.15) is 0 Å². The largest absolute Gasteiger partial charge is 0.316 e. The number of hydrogen-bond donors (Lipinski definition) is 1. The summed E-state index contributed by atoms with van der Waals surface area (Å²) in [6.07, 6.45) is 10.3. The van der Waals surface area contributed by atoms with Crippen LogP contribution >= 0.6 is 0 Å². The fourth-order valence-electron chi connectivity index (χ4n) is 3.67. The molecule has 2 rings (SSSR count). The van der Waals surface area contributed by atoms with E-state index in [4.69, 9.17) is 0 Å². The second kappa shape index (κ2) is 4.86. The highest BCUT2D eigenvalue weighted by molar-refractivity contribution is 4.89. The molecule has 0 aromatic heterocycles. The molecule has 0 radical (unpaired) electrons. The van der Waals surface area contributed by atoms with E-state index in [1.165, 1.54) is 58.0 Å². The van der Waals surface area contributed by atoms with Gasteiger partial charge in [-0.05, 0) is 56.0 Å². The monoisotopic (exact) mass is 209 g/mol. The SMILES string of the molecule is CC(C)(C1CCCCC1)C1CCCNC1. The van der Waals surface area contributed by atoms with Gasteiger partial charge in [-0.25, -0.2) is 0 Å². The van der Waals surface area contributed by atoms with E-state index in [2.05, 4.69) is 19.2 Å². The van der Waals surface area contributed by atoms with Gasteiger partial charge in [0.2, 0.25) is 0 Å². The molecule has 0 aromatic carbocycles. The molecule has 0 aromatic rings. The van der Waals surface area contributed by atoms with Gasteiger partial charge in [-0.3, -0.25) is 0 Å². The van der Waals surface area contributed by atoms with Crippen LogP contribution in [-0.2, 0) is 0 Å². The van der Waals surface area contributed by atoms with Crippen LogP contribution in [0, 0.1) is 17.3 Å². The molecule has 1 aliphatic heterocycles. The van der Waals surface area contributed by atoms with Gasteiger partial charge < -0.3 is 5.32 Å². The molecule has 0 amide bonds. The first-order valence-electron chi connectivity index (χ1n) is 6.92. The third kappa shape index (κ3) is 2.55. The van der Waals surface area contributed by atoms with E-state index in [0.717, 1.165) is 11.8 Å². The molecule has 15 heavy (non-hydrogen) atoms. The highest BCUT2D eigenvalue weighted by Crippen LogP contribution is 2.45. The van der Waals surface area contributed by atoms with Gasteiger partial charge in [0.15, 0.2) is 0 Å². The first kappa shape index (κ1) is 11.4. The van der Waals surface area contributed by atoms with Crippen molar-refractivity contribution in [1.82, 2.24) is 5.32 Å². The Bertz CT molecular complexity index is 166. The zero-order chi connectivity index (χ0) is 10.7. The van der Waals surface area contributed by atoms with E-state index in [1.54, 1.807) is 0 Å². The van der Waals surface area contributed by atoms with Crippen LogP contribution in [0.25, 0.3) is 0 Å². The highest BCUT2D eigenvalue weighted by Gasteiger charge is 2.37. The molecule has 2 fully saturated rings. The summed E-state index contributed by atoms with van der Waals surface area (Å²) in [7, 11) is 0. The zero-order valence-corrected chi connectivity index (χ0v) is 10.5. The van der Waals surface area contributed by atoms with Crippen LogP contribution in [0.3, 0.4) is 0 Å². The Morgan fingerprint density at radius 1 is 0.867 bits per heavy atom. The minimum atomic E-state index is 0.577. The van der Waals surface area contributed by atoms with Gasteiger partial charge >= 0.3 is 0 Å². The maximum absolute atomic E-state index is 3.58. The van der Waals surface area contributed by atoms with Crippen molar-refractivity contribution in [2.45, 2.75) is 58.8 Å². The van der Waals surface area contributed by atoms with Crippen molar-refractivity contribution in [2.75, 3.05) is 13.1 Å². The van der Waals surface area contributed by atoms with Crippen molar-refractivity contribution in [3.8, 4) is 0 Å². The van der Waals surface area contributed by atoms with E-state index in [-0.39, 0.29) is 0 Å². The fourth-order valence-corrected chi connectivity index (χ4v) is 3.67. The summed E-state index contributed by atoms with van der Waals surface area (Å²) in [5.41, 5.74) is 0.577. The van der Waals surface area contributed by atoms with Crippen LogP contribution in [0.1, 0.15) is 58.8 Å². The third-order valence-corrected chi connectivity index (χ3v) is 5.01. The van der Waals surface area contributed by atoms with Crippen molar-refractivity contribution >= 4 is 0 Å². The Morgan fingerprint density at radius 2 is 1.53 bits per heavy atom. The Kier molecular flexibility index (Phi) is 3.71. The first-order chi connectivity index (χ1) is 7.21. The third-order valence-electron chi connectivity index (χ3n) is 5.01. The fraction of sp³-hybridized carbons (Fsp3) is 1.00. The second-order valence-corrected chi connectivity index (χ2v) is 6.20. The van der Waals surface area contributed by atoms with Crippen molar-refractivity contribution in [3.63, 3.8) is 0 Å². The summed E-state index contributed by atoms with van der Waals surface area (Å²) in [5, 5.41) is 3.58. The summed E-state index contributed by atoms with van der Waals surface area (Å²) < 4.78 is 0. The van der Waals surface area contributed by atoms with Gasteiger partial charge in [0.25, 0.3) is 0 Å². The van der Waals surface area contributed by atoms with Crippen LogP contribution < -0.4 is 5.32 Å². The number of nitrogens with one attached hydrogen (secondary N) is 1. The smallest absolute Gasteiger partial charge is 0.00153 e. The predicted molar refractivity (Wildman–Crippen MR) is 65.9 cm³/mol. The van der Waals surface area contributed by atoms with Gasteiger partial charge in [-0.15, -0.1) is 0 Å². The summed E-state index contributed by atoms with van der Waals surface area (Å²) in [6, 6.07) is 0. The van der Waals surface area contributed by atoms with Crippen molar-refractivity contribution in [1.29, 1.82) is 0 Å². The Morgan fingerprint density at radius 3 is 2.13 bits per heavy atom. The predicted octanol–water partition coefficient (Wildman–Crippen LogP) is 3.59. The molecule has 0 spiro atoms. The minimum Gasteiger partial charge on any atom is -0.316 e. The summed E-state index contributed by atoms with van der Waals surface area (Å²) in [6.45, 7) is 7.57. The van der Waals surface area contributed by atoms with Crippen LogP contribution in [0.15, 0.2) is 0 Å². The molecule has 1 aliphatic carbocycles. The maximum Gasteiger partial charge on any atom is -0.00153 e. The number of piperidine rings is 1. The van der Waals surface area contributed by atoms with Crippen LogP contribution in [-0.4, -0.2) is 13.1 Å².